The molecule has 310 valence electrons. The standard InChI is InChI=1S/C58H58N4/c1-10-17-36-54-48(16-7)51-39-53-50(49-34-24-25-35-52(49)58(53,46(28-13-4)29-14-5)47-32-22-19-23-33-47)40-55(51)62(54)42(8)37-38-44(15-6)56(59-9)61-57(45-30-20-18-21-31-45)60-41-43(26-11-2)27-12-3/h11-40,42H,2,4,7,9-10,41H2,1,3,5-6,8H3/b27-12-,29-14-,36-17-,38-37-,43-26+,44-15+,46-28+,60-57?,61-56?. The highest BCUT2D eigenvalue weighted by molar-refractivity contribution is 6.13. The Morgan fingerprint density at radius 1 is 0.790 bits per heavy atom. The van der Waals surface area contributed by atoms with Crippen molar-refractivity contribution in [2.75, 3.05) is 6.54 Å². The lowest BCUT2D eigenvalue weighted by Gasteiger charge is -2.34. The zero-order valence-corrected chi connectivity index (χ0v) is 36.9. The summed E-state index contributed by atoms with van der Waals surface area (Å²) in [5.41, 5.74) is 12.8. The SMILES string of the molecule is C=C/C=C(\C=C/C)CN=C(N=C(N=C)C(/C=C\C(C)n1c(/C=C\CC)c(C=C)c2cc3c(cc21)-c1ccccc1C3(C(/C=C\C)=C/C=C)c1ccccc1)=C/C)c1ccccc1. The normalized spacial score (nSPS) is 16.8. The van der Waals surface area contributed by atoms with Crippen molar-refractivity contribution < 1.29 is 0 Å². The van der Waals surface area contributed by atoms with Gasteiger partial charge in [0, 0.05) is 33.8 Å². The first-order chi connectivity index (χ1) is 30.4. The number of nitrogens with zero attached hydrogens (tertiary/aromatic N) is 4. The quantitative estimate of drug-likeness (QED) is 0.0541. The molecule has 0 saturated carbocycles. The van der Waals surface area contributed by atoms with Gasteiger partial charge in [-0.3, -0.25) is 4.99 Å². The molecule has 0 amide bonds. The molecule has 1 heterocycles. The maximum absolute atomic E-state index is 5.04. The van der Waals surface area contributed by atoms with Gasteiger partial charge in [-0.2, -0.15) is 0 Å². The molecule has 1 aliphatic carbocycles. The summed E-state index contributed by atoms with van der Waals surface area (Å²) in [7, 11) is 0. The third-order valence-corrected chi connectivity index (χ3v) is 11.3. The second-order valence-corrected chi connectivity index (χ2v) is 15.0. The first kappa shape index (κ1) is 44.4. The predicted octanol–water partition coefficient (Wildman–Crippen LogP) is 15.0. The average Bonchev–Trinajstić information content (AvgIpc) is 3.77. The first-order valence-electron chi connectivity index (χ1n) is 21.4. The van der Waals surface area contributed by atoms with Gasteiger partial charge in [-0.25, -0.2) is 9.98 Å². The molecule has 1 aliphatic rings. The van der Waals surface area contributed by atoms with Crippen LogP contribution in [0.25, 0.3) is 34.2 Å². The maximum atomic E-state index is 5.04. The number of allylic oxidation sites excluding steroid dienone is 11. The molecule has 4 aromatic carbocycles. The van der Waals surface area contributed by atoms with Crippen LogP contribution in [0.4, 0.5) is 0 Å². The minimum atomic E-state index is -0.570. The van der Waals surface area contributed by atoms with Crippen LogP contribution >= 0.6 is 0 Å². The number of benzene rings is 4. The summed E-state index contributed by atoms with van der Waals surface area (Å²) in [5.74, 6) is 1.07. The Morgan fingerprint density at radius 2 is 1.48 bits per heavy atom. The topological polar surface area (TPSA) is 42.0 Å². The van der Waals surface area contributed by atoms with Crippen LogP contribution in [0.2, 0.25) is 0 Å². The van der Waals surface area contributed by atoms with Crippen molar-refractivity contribution >= 4 is 41.4 Å². The van der Waals surface area contributed by atoms with Crippen LogP contribution in [0.5, 0.6) is 0 Å². The second-order valence-electron chi connectivity index (χ2n) is 15.0. The van der Waals surface area contributed by atoms with Gasteiger partial charge in [-0.1, -0.05) is 191 Å². The Balaban J connectivity index is 1.55. The maximum Gasteiger partial charge on any atom is 0.160 e. The zero-order chi connectivity index (χ0) is 44.1. The average molecular weight is 811 g/mol. The van der Waals surface area contributed by atoms with E-state index >= 15 is 0 Å². The Labute approximate surface area is 369 Å². The van der Waals surface area contributed by atoms with Crippen molar-refractivity contribution in [3.05, 3.63) is 240 Å². The third-order valence-electron chi connectivity index (χ3n) is 11.3. The molecule has 0 N–H and O–H groups in total. The first-order valence-corrected chi connectivity index (χ1v) is 21.4. The van der Waals surface area contributed by atoms with Crippen LogP contribution in [0.15, 0.2) is 221 Å². The molecule has 0 bridgehead atoms. The van der Waals surface area contributed by atoms with Gasteiger partial charge in [-0.15, -0.1) is 0 Å². The monoisotopic (exact) mass is 810 g/mol. The molecular weight excluding hydrogens is 753 g/mol. The van der Waals surface area contributed by atoms with E-state index in [2.05, 4.69) is 166 Å². The number of aliphatic imine (C=N–C) groups is 3. The van der Waals surface area contributed by atoms with Crippen molar-refractivity contribution in [1.29, 1.82) is 0 Å². The van der Waals surface area contributed by atoms with E-state index in [1.165, 1.54) is 27.8 Å². The number of hydrogen-bond donors (Lipinski definition) is 0. The number of rotatable bonds is 16. The molecule has 0 radical (unpaired) electrons. The summed E-state index contributed by atoms with van der Waals surface area (Å²) >= 11 is 0. The molecule has 0 saturated heterocycles. The van der Waals surface area contributed by atoms with E-state index in [4.69, 9.17) is 9.98 Å². The van der Waals surface area contributed by atoms with Gasteiger partial charge in [0.25, 0.3) is 0 Å². The largest absolute Gasteiger partial charge is 0.334 e. The molecule has 4 nitrogen and oxygen atoms in total. The molecular formula is C58H58N4. The number of aromatic nitrogens is 1. The van der Waals surface area contributed by atoms with Gasteiger partial charge >= 0.3 is 0 Å². The third kappa shape index (κ3) is 8.69. The van der Waals surface area contributed by atoms with Gasteiger partial charge in [0.2, 0.25) is 0 Å². The molecule has 1 aromatic heterocycles. The molecule has 6 rings (SSSR count). The smallest absolute Gasteiger partial charge is 0.160 e. The van der Waals surface area contributed by atoms with Gasteiger partial charge in [0.05, 0.1) is 17.5 Å². The fourth-order valence-corrected chi connectivity index (χ4v) is 8.66. The summed E-state index contributed by atoms with van der Waals surface area (Å²) in [6, 6.07) is 34.5. The summed E-state index contributed by atoms with van der Waals surface area (Å²) in [6.07, 6.45) is 29.9. The molecule has 4 heteroatoms. The molecule has 2 unspecified atom stereocenters. The van der Waals surface area contributed by atoms with Crippen molar-refractivity contribution in [3.8, 4) is 11.1 Å². The van der Waals surface area contributed by atoms with Crippen molar-refractivity contribution in [2.24, 2.45) is 15.0 Å². The molecule has 5 aromatic rings. The van der Waals surface area contributed by atoms with Crippen LogP contribution in [0, 0.1) is 0 Å². The van der Waals surface area contributed by atoms with E-state index in [0.717, 1.165) is 50.9 Å². The number of hydrogen-bond acceptors (Lipinski definition) is 1. The van der Waals surface area contributed by atoms with Gasteiger partial charge in [0.1, 0.15) is 0 Å². The summed E-state index contributed by atoms with van der Waals surface area (Å²) in [4.78, 5) is 14.4. The highest BCUT2D eigenvalue weighted by Gasteiger charge is 2.47. The van der Waals surface area contributed by atoms with Crippen LogP contribution in [-0.2, 0) is 5.41 Å². The molecule has 0 fully saturated rings. The van der Waals surface area contributed by atoms with Crippen molar-refractivity contribution in [2.45, 2.75) is 52.5 Å². The Bertz CT molecular complexity index is 2740. The lowest BCUT2D eigenvalue weighted by molar-refractivity contribution is 0.681. The zero-order valence-electron chi connectivity index (χ0n) is 36.9. The molecule has 2 atom stereocenters. The minimum absolute atomic E-state index is 0.0776. The number of amidine groups is 2. The Kier molecular flexibility index (Phi) is 14.9. The van der Waals surface area contributed by atoms with Crippen molar-refractivity contribution in [1.82, 2.24) is 4.57 Å². The van der Waals surface area contributed by atoms with Crippen LogP contribution in [-0.4, -0.2) is 29.5 Å². The fraction of sp³-hybridized carbons (Fsp3) is 0.155. The van der Waals surface area contributed by atoms with Crippen LogP contribution in [0.3, 0.4) is 0 Å². The summed E-state index contributed by atoms with van der Waals surface area (Å²) in [6.45, 7) is 27.3. The predicted molar refractivity (Wildman–Crippen MR) is 272 cm³/mol. The Morgan fingerprint density at radius 3 is 2.13 bits per heavy atom. The molecule has 0 spiro atoms. The number of fused-ring (bicyclic) bond motifs is 4. The van der Waals surface area contributed by atoms with E-state index in [1.54, 1.807) is 6.08 Å². The Hall–Kier alpha value is -7.17. The molecule has 0 aliphatic heterocycles. The van der Waals surface area contributed by atoms with Crippen molar-refractivity contribution in [3.63, 3.8) is 0 Å². The lowest BCUT2D eigenvalue weighted by Crippen LogP contribution is -2.29. The van der Waals surface area contributed by atoms with Gasteiger partial charge in [-0.05, 0) is 98.0 Å². The van der Waals surface area contributed by atoms with E-state index in [9.17, 15) is 0 Å². The van der Waals surface area contributed by atoms with E-state index in [0.29, 0.717) is 18.2 Å². The second kappa shape index (κ2) is 20.9. The van der Waals surface area contributed by atoms with Gasteiger partial charge in [0.15, 0.2) is 11.7 Å². The van der Waals surface area contributed by atoms with E-state index < -0.39 is 5.41 Å². The minimum Gasteiger partial charge on any atom is -0.334 e. The summed E-state index contributed by atoms with van der Waals surface area (Å²) < 4.78 is 2.43. The molecule has 62 heavy (non-hydrogen) atoms. The van der Waals surface area contributed by atoms with E-state index in [1.807, 2.05) is 80.6 Å². The highest BCUT2D eigenvalue weighted by atomic mass is 15.0. The van der Waals surface area contributed by atoms with Crippen LogP contribution in [0.1, 0.15) is 80.6 Å². The van der Waals surface area contributed by atoms with Crippen LogP contribution < -0.4 is 0 Å². The highest BCUT2D eigenvalue weighted by Crippen LogP contribution is 2.58. The summed E-state index contributed by atoms with van der Waals surface area (Å²) in [5, 5.41) is 1.15. The fourth-order valence-electron chi connectivity index (χ4n) is 8.66. The van der Waals surface area contributed by atoms with E-state index in [-0.39, 0.29) is 6.04 Å². The lowest BCUT2D eigenvalue weighted by atomic mass is 9.66. The van der Waals surface area contributed by atoms with Gasteiger partial charge < -0.3 is 4.57 Å².